The van der Waals surface area contributed by atoms with Gasteiger partial charge in [-0.25, -0.2) is 0 Å². The Bertz CT molecular complexity index is 721. The topological polar surface area (TPSA) is 33.7 Å². The van der Waals surface area contributed by atoms with E-state index in [0.717, 1.165) is 55.2 Å². The maximum absolute atomic E-state index is 6.55. The fraction of sp³-hybridized carbons (Fsp3) is 0.538. The molecule has 2 aromatic rings. The van der Waals surface area contributed by atoms with Gasteiger partial charge in [0, 0.05) is 30.3 Å². The largest absolute Gasteiger partial charge is 0.353 e. The molecule has 0 spiro atoms. The minimum atomic E-state index is -0.0549. The molecule has 5 heteroatoms. The summed E-state index contributed by atoms with van der Waals surface area (Å²) < 4.78 is 11.2. The van der Waals surface area contributed by atoms with E-state index in [0.29, 0.717) is 13.2 Å². The Labute approximate surface area is 193 Å². The minimum Gasteiger partial charge on any atom is -0.353 e. The highest BCUT2D eigenvalue weighted by molar-refractivity contribution is 6.33. The highest BCUT2D eigenvalue weighted by Gasteiger charge is 2.08. The first-order valence-corrected chi connectivity index (χ1v) is 12.0. The van der Waals surface area contributed by atoms with Crippen LogP contribution in [-0.4, -0.2) is 51.1 Å². The van der Waals surface area contributed by atoms with Crippen molar-refractivity contribution in [2.75, 3.05) is 39.9 Å². The molecule has 31 heavy (non-hydrogen) atoms. The molecule has 2 rings (SSSR count). The summed E-state index contributed by atoms with van der Waals surface area (Å²) in [5.41, 5.74) is 3.50. The van der Waals surface area contributed by atoms with E-state index >= 15 is 0 Å². The molecule has 0 saturated heterocycles. The third kappa shape index (κ3) is 10.2. The summed E-state index contributed by atoms with van der Waals surface area (Å²) in [6.07, 6.45) is 4.33. The van der Waals surface area contributed by atoms with Gasteiger partial charge in [0.25, 0.3) is 0 Å². The highest BCUT2D eigenvalue weighted by atomic mass is 35.5. The van der Waals surface area contributed by atoms with E-state index in [1.165, 1.54) is 18.4 Å². The molecule has 0 amide bonds. The van der Waals surface area contributed by atoms with Crippen molar-refractivity contribution < 1.29 is 9.47 Å². The number of halogens is 1. The summed E-state index contributed by atoms with van der Waals surface area (Å²) in [7, 11) is 2.17. The molecule has 0 bridgehead atoms. The highest BCUT2D eigenvalue weighted by Crippen LogP contribution is 2.28. The molecule has 0 aromatic heterocycles. The average molecular weight is 447 g/mol. The number of nitrogens with zero attached hydrogens (tertiary/aromatic N) is 1. The first-order chi connectivity index (χ1) is 15.1. The van der Waals surface area contributed by atoms with Crippen LogP contribution in [0.3, 0.4) is 0 Å². The van der Waals surface area contributed by atoms with Crippen LogP contribution in [0.1, 0.15) is 45.1 Å². The molecule has 0 aliphatic rings. The smallest absolute Gasteiger partial charge is 0.157 e. The lowest BCUT2D eigenvalue weighted by molar-refractivity contribution is -0.139. The number of ether oxygens (including phenoxy) is 2. The molecule has 1 N–H and O–H groups in total. The molecule has 0 saturated carbocycles. The van der Waals surface area contributed by atoms with Gasteiger partial charge in [-0.1, -0.05) is 54.1 Å². The summed E-state index contributed by atoms with van der Waals surface area (Å²) >= 11 is 6.55. The van der Waals surface area contributed by atoms with E-state index < -0.39 is 0 Å². The quantitative estimate of drug-likeness (QED) is 0.253. The normalized spacial score (nSPS) is 11.5. The Balaban J connectivity index is 1.59. The second kappa shape index (κ2) is 15.4. The summed E-state index contributed by atoms with van der Waals surface area (Å²) in [5, 5.41) is 4.35. The molecular formula is C26H39ClN2O2. The van der Waals surface area contributed by atoms with Crippen molar-refractivity contribution in [2.45, 2.75) is 52.4 Å². The SMILES string of the molecule is CCOC(CCCNCCCCN(C)Cc1ccc(-c2ccccc2)c(Cl)c1)OCC. The summed E-state index contributed by atoms with van der Waals surface area (Å²) in [4.78, 5) is 2.36. The second-order valence-electron chi connectivity index (χ2n) is 7.86. The predicted octanol–water partition coefficient (Wildman–Crippen LogP) is 5.99. The monoisotopic (exact) mass is 446 g/mol. The number of hydrogen-bond donors (Lipinski definition) is 1. The van der Waals surface area contributed by atoms with Crippen molar-refractivity contribution >= 4 is 11.6 Å². The van der Waals surface area contributed by atoms with Gasteiger partial charge in [0.05, 0.1) is 0 Å². The van der Waals surface area contributed by atoms with E-state index in [2.05, 4.69) is 47.6 Å². The van der Waals surface area contributed by atoms with E-state index in [9.17, 15) is 0 Å². The van der Waals surface area contributed by atoms with Crippen LogP contribution in [0.4, 0.5) is 0 Å². The van der Waals surface area contributed by atoms with Crippen molar-refractivity contribution in [1.82, 2.24) is 10.2 Å². The molecule has 4 nitrogen and oxygen atoms in total. The molecule has 0 aliphatic heterocycles. The number of rotatable bonds is 16. The van der Waals surface area contributed by atoms with E-state index in [1.807, 2.05) is 32.0 Å². The van der Waals surface area contributed by atoms with E-state index in [-0.39, 0.29) is 6.29 Å². The molecular weight excluding hydrogens is 408 g/mol. The first-order valence-electron chi connectivity index (χ1n) is 11.6. The first kappa shape index (κ1) is 25.8. The Hall–Kier alpha value is -1.43. The zero-order chi connectivity index (χ0) is 22.3. The van der Waals surface area contributed by atoms with Crippen LogP contribution in [0, 0.1) is 0 Å². The van der Waals surface area contributed by atoms with Crippen molar-refractivity contribution in [3.63, 3.8) is 0 Å². The zero-order valence-corrected chi connectivity index (χ0v) is 20.2. The molecule has 2 aromatic carbocycles. The fourth-order valence-corrected chi connectivity index (χ4v) is 3.95. The van der Waals surface area contributed by atoms with E-state index in [1.54, 1.807) is 0 Å². The number of benzene rings is 2. The molecule has 172 valence electrons. The molecule has 0 unspecified atom stereocenters. The van der Waals surface area contributed by atoms with Crippen molar-refractivity contribution in [3.8, 4) is 11.1 Å². The van der Waals surface area contributed by atoms with Crippen molar-refractivity contribution in [2.24, 2.45) is 0 Å². The van der Waals surface area contributed by atoms with Gasteiger partial charge in [-0.05, 0) is 83.4 Å². The van der Waals surface area contributed by atoms with E-state index in [4.69, 9.17) is 21.1 Å². The van der Waals surface area contributed by atoms with Crippen LogP contribution >= 0.6 is 11.6 Å². The van der Waals surface area contributed by atoms with Crippen LogP contribution in [0.15, 0.2) is 48.5 Å². The van der Waals surface area contributed by atoms with Gasteiger partial charge in [0.15, 0.2) is 6.29 Å². The van der Waals surface area contributed by atoms with Crippen LogP contribution < -0.4 is 5.32 Å². The van der Waals surface area contributed by atoms with Gasteiger partial charge >= 0.3 is 0 Å². The molecule has 0 heterocycles. The van der Waals surface area contributed by atoms with Crippen LogP contribution in [0.25, 0.3) is 11.1 Å². The Morgan fingerprint density at radius 2 is 1.65 bits per heavy atom. The summed E-state index contributed by atoms with van der Waals surface area (Å²) in [6.45, 7) is 9.49. The molecule has 0 radical (unpaired) electrons. The van der Waals surface area contributed by atoms with Crippen LogP contribution in [0.2, 0.25) is 5.02 Å². The van der Waals surface area contributed by atoms with Gasteiger partial charge in [0.2, 0.25) is 0 Å². The Morgan fingerprint density at radius 1 is 0.935 bits per heavy atom. The number of hydrogen-bond acceptors (Lipinski definition) is 4. The average Bonchev–Trinajstić information content (AvgIpc) is 2.76. The molecule has 0 atom stereocenters. The lowest BCUT2D eigenvalue weighted by atomic mass is 10.0. The fourth-order valence-electron chi connectivity index (χ4n) is 3.64. The zero-order valence-electron chi connectivity index (χ0n) is 19.4. The maximum atomic E-state index is 6.55. The standard InChI is InChI=1S/C26H39ClN2O2/c1-4-30-26(31-5-2)14-11-18-28-17-9-10-19-29(3)21-22-15-16-24(25(27)20-22)23-12-7-6-8-13-23/h6-8,12-13,15-16,20,26,28H,4-5,9-11,14,17-19,21H2,1-3H3. The van der Waals surface area contributed by atoms with Gasteiger partial charge in [-0.2, -0.15) is 0 Å². The minimum absolute atomic E-state index is 0.0549. The number of unbranched alkanes of at least 4 members (excludes halogenated alkanes) is 1. The van der Waals surface area contributed by atoms with Gasteiger partial charge in [0.1, 0.15) is 0 Å². The molecule has 0 fully saturated rings. The van der Waals surface area contributed by atoms with Gasteiger partial charge < -0.3 is 19.7 Å². The maximum Gasteiger partial charge on any atom is 0.157 e. The summed E-state index contributed by atoms with van der Waals surface area (Å²) in [5.74, 6) is 0. The lowest BCUT2D eigenvalue weighted by Crippen LogP contribution is -2.23. The third-order valence-corrected chi connectivity index (χ3v) is 5.53. The Morgan fingerprint density at radius 3 is 2.32 bits per heavy atom. The van der Waals surface area contributed by atoms with Crippen LogP contribution in [-0.2, 0) is 16.0 Å². The van der Waals surface area contributed by atoms with Gasteiger partial charge in [-0.15, -0.1) is 0 Å². The predicted molar refractivity (Wildman–Crippen MR) is 132 cm³/mol. The van der Waals surface area contributed by atoms with Gasteiger partial charge in [-0.3, -0.25) is 0 Å². The summed E-state index contributed by atoms with van der Waals surface area (Å²) in [6, 6.07) is 16.7. The third-order valence-electron chi connectivity index (χ3n) is 5.21. The van der Waals surface area contributed by atoms with Crippen molar-refractivity contribution in [1.29, 1.82) is 0 Å². The number of nitrogens with one attached hydrogen (secondary N) is 1. The molecule has 0 aliphatic carbocycles. The lowest BCUT2D eigenvalue weighted by Gasteiger charge is -2.18. The van der Waals surface area contributed by atoms with Crippen molar-refractivity contribution in [3.05, 3.63) is 59.1 Å². The van der Waals surface area contributed by atoms with Crippen LogP contribution in [0.5, 0.6) is 0 Å². The second-order valence-corrected chi connectivity index (χ2v) is 8.26. The Kier molecular flexibility index (Phi) is 12.8.